The summed E-state index contributed by atoms with van der Waals surface area (Å²) in [7, 11) is 2.34. The summed E-state index contributed by atoms with van der Waals surface area (Å²) < 4.78 is 36.1. The summed E-state index contributed by atoms with van der Waals surface area (Å²) >= 11 is 0. The summed E-state index contributed by atoms with van der Waals surface area (Å²) in [6.45, 7) is 7.74. The lowest BCUT2D eigenvalue weighted by atomic mass is 10.5. The minimum atomic E-state index is -1.12. The summed E-state index contributed by atoms with van der Waals surface area (Å²) in [5.41, 5.74) is 0. The van der Waals surface area contributed by atoms with Gasteiger partial charge in [-0.05, 0) is 20.8 Å². The Bertz CT molecular complexity index is 768. The molecule has 14 nitrogen and oxygen atoms in total. The summed E-state index contributed by atoms with van der Waals surface area (Å²) in [4.78, 5) is 65.4. The van der Waals surface area contributed by atoms with Gasteiger partial charge in [-0.1, -0.05) is 0 Å². The molecule has 0 aliphatic heterocycles. The normalized spacial score (nSPS) is 11.9. The van der Waals surface area contributed by atoms with Gasteiger partial charge in [-0.3, -0.25) is 0 Å². The SMILES string of the molecule is CCOC(=O)OC(C)OC(=O)/C=C/C(=O)OC.COC(=O)/C=C/C(=O)OC(C)OC(=O)OC(C)C. The molecule has 0 rings (SSSR count). The number of carbonyl (C=O) groups is 6. The molecule has 198 valence electrons. The minimum Gasteiger partial charge on any atom is -0.466 e. The van der Waals surface area contributed by atoms with E-state index in [0.717, 1.165) is 24.3 Å². The van der Waals surface area contributed by atoms with Crippen molar-refractivity contribution in [1.82, 2.24) is 0 Å². The molecule has 0 amide bonds. The van der Waals surface area contributed by atoms with Crippen LogP contribution in [0.15, 0.2) is 24.3 Å². The van der Waals surface area contributed by atoms with E-state index in [1.165, 1.54) is 28.1 Å². The highest BCUT2D eigenvalue weighted by atomic mass is 16.8. The molecule has 35 heavy (non-hydrogen) atoms. The van der Waals surface area contributed by atoms with E-state index in [2.05, 4.69) is 37.9 Å². The lowest BCUT2D eigenvalue weighted by Gasteiger charge is -2.14. The fourth-order valence-corrected chi connectivity index (χ4v) is 1.51. The molecule has 0 saturated heterocycles. The molecule has 0 bridgehead atoms. The van der Waals surface area contributed by atoms with E-state index in [9.17, 15) is 28.8 Å². The fourth-order valence-electron chi connectivity index (χ4n) is 1.51. The number of methoxy groups -OCH3 is 2. The first-order valence-electron chi connectivity index (χ1n) is 9.98. The lowest BCUT2D eigenvalue weighted by Crippen LogP contribution is -2.23. The molecular weight excluding hydrogens is 476 g/mol. The van der Waals surface area contributed by atoms with Crippen molar-refractivity contribution < 1.29 is 66.7 Å². The van der Waals surface area contributed by atoms with Gasteiger partial charge in [-0.15, -0.1) is 0 Å². The first kappa shape index (κ1) is 33.1. The molecule has 0 spiro atoms. The van der Waals surface area contributed by atoms with Crippen LogP contribution < -0.4 is 0 Å². The molecule has 0 aliphatic carbocycles. The highest BCUT2D eigenvalue weighted by molar-refractivity contribution is 5.92. The van der Waals surface area contributed by atoms with Gasteiger partial charge in [0, 0.05) is 38.2 Å². The Labute approximate surface area is 202 Å². The van der Waals surface area contributed by atoms with Crippen molar-refractivity contribution in [3.05, 3.63) is 24.3 Å². The van der Waals surface area contributed by atoms with Gasteiger partial charge in [0.15, 0.2) is 0 Å². The second-order valence-electron chi connectivity index (χ2n) is 6.06. The molecule has 0 aromatic carbocycles. The van der Waals surface area contributed by atoms with Crippen LogP contribution in [-0.2, 0) is 57.1 Å². The van der Waals surface area contributed by atoms with Crippen LogP contribution in [0.1, 0.15) is 34.6 Å². The van der Waals surface area contributed by atoms with Crippen molar-refractivity contribution in [2.45, 2.75) is 53.3 Å². The summed E-state index contributed by atoms with van der Waals surface area (Å²) in [6.07, 6.45) is -0.946. The van der Waals surface area contributed by atoms with Gasteiger partial charge < -0.3 is 37.9 Å². The van der Waals surface area contributed by atoms with Gasteiger partial charge in [0.1, 0.15) is 0 Å². The van der Waals surface area contributed by atoms with Gasteiger partial charge in [0.25, 0.3) is 0 Å². The molecule has 0 fully saturated rings. The maximum atomic E-state index is 11.1. The summed E-state index contributed by atoms with van der Waals surface area (Å²) in [6, 6.07) is 0. The van der Waals surface area contributed by atoms with Crippen molar-refractivity contribution in [1.29, 1.82) is 0 Å². The minimum absolute atomic E-state index is 0.155. The second kappa shape index (κ2) is 19.4. The molecule has 0 aliphatic rings. The topological polar surface area (TPSA) is 176 Å². The number of hydrogen-bond donors (Lipinski definition) is 0. The number of rotatable bonds is 10. The Kier molecular flexibility index (Phi) is 18.3. The Morgan fingerprint density at radius 1 is 0.571 bits per heavy atom. The Balaban J connectivity index is 0. The van der Waals surface area contributed by atoms with Crippen LogP contribution in [0.25, 0.3) is 0 Å². The Morgan fingerprint density at radius 3 is 1.29 bits per heavy atom. The molecule has 0 radical (unpaired) electrons. The zero-order chi connectivity index (χ0) is 27.4. The Morgan fingerprint density at radius 2 is 0.943 bits per heavy atom. The van der Waals surface area contributed by atoms with E-state index in [1.807, 2.05) is 0 Å². The number of ether oxygens (including phenoxy) is 8. The molecule has 2 unspecified atom stereocenters. The van der Waals surface area contributed by atoms with E-state index in [-0.39, 0.29) is 12.7 Å². The fraction of sp³-hybridized carbons (Fsp3) is 0.524. The van der Waals surface area contributed by atoms with Crippen molar-refractivity contribution in [3.63, 3.8) is 0 Å². The zero-order valence-electron chi connectivity index (χ0n) is 20.5. The predicted octanol–water partition coefficient (Wildman–Crippen LogP) is 1.94. The van der Waals surface area contributed by atoms with E-state index in [0.29, 0.717) is 0 Å². The van der Waals surface area contributed by atoms with Crippen molar-refractivity contribution in [2.75, 3.05) is 20.8 Å². The van der Waals surface area contributed by atoms with Crippen LogP contribution in [0.3, 0.4) is 0 Å². The molecule has 0 saturated carbocycles. The van der Waals surface area contributed by atoms with Crippen LogP contribution in [0.2, 0.25) is 0 Å². The summed E-state index contributed by atoms with van der Waals surface area (Å²) in [5.74, 6) is -3.07. The van der Waals surface area contributed by atoms with Crippen molar-refractivity contribution >= 4 is 36.2 Å². The maximum Gasteiger partial charge on any atom is 0.511 e. The third-order valence-corrected chi connectivity index (χ3v) is 2.80. The third-order valence-electron chi connectivity index (χ3n) is 2.80. The molecule has 0 aromatic heterocycles. The van der Waals surface area contributed by atoms with E-state index >= 15 is 0 Å². The predicted molar refractivity (Wildman–Crippen MR) is 114 cm³/mol. The van der Waals surface area contributed by atoms with Crippen LogP contribution in [0, 0.1) is 0 Å². The standard InChI is InChI=1S/C11H16O7.C10H14O7/c1-7(2)16-11(14)18-8(3)17-10(13)6-5-9(12)15-4;1-4-15-10(13)17-7(2)16-9(12)6-5-8(11)14-3/h5-8H,1-4H3;5-7H,4H2,1-3H3/b2*6-5+. The molecule has 14 heteroatoms. The Hall–Kier alpha value is -4.10. The average molecular weight is 506 g/mol. The van der Waals surface area contributed by atoms with Crippen LogP contribution >= 0.6 is 0 Å². The van der Waals surface area contributed by atoms with Gasteiger partial charge in [0.05, 0.1) is 26.9 Å². The largest absolute Gasteiger partial charge is 0.511 e. The number of esters is 4. The van der Waals surface area contributed by atoms with Gasteiger partial charge in [0.2, 0.25) is 12.6 Å². The first-order valence-corrected chi connectivity index (χ1v) is 9.98. The van der Waals surface area contributed by atoms with Crippen LogP contribution in [0.4, 0.5) is 9.59 Å². The van der Waals surface area contributed by atoms with Gasteiger partial charge in [-0.25, -0.2) is 28.8 Å². The highest BCUT2D eigenvalue weighted by Gasteiger charge is 2.15. The van der Waals surface area contributed by atoms with E-state index in [1.54, 1.807) is 20.8 Å². The van der Waals surface area contributed by atoms with E-state index < -0.39 is 48.8 Å². The van der Waals surface area contributed by atoms with Gasteiger partial charge >= 0.3 is 36.2 Å². The van der Waals surface area contributed by atoms with Crippen LogP contribution in [-0.4, -0.2) is 75.7 Å². The lowest BCUT2D eigenvalue weighted by molar-refractivity contribution is -0.163. The molecular formula is C21H30O14. The third kappa shape index (κ3) is 21.5. The molecule has 0 heterocycles. The van der Waals surface area contributed by atoms with E-state index in [4.69, 9.17) is 0 Å². The van der Waals surface area contributed by atoms with Crippen molar-refractivity contribution in [3.8, 4) is 0 Å². The van der Waals surface area contributed by atoms with Crippen molar-refractivity contribution in [2.24, 2.45) is 0 Å². The number of hydrogen-bond acceptors (Lipinski definition) is 14. The first-order chi connectivity index (χ1) is 16.3. The second-order valence-corrected chi connectivity index (χ2v) is 6.06. The summed E-state index contributed by atoms with van der Waals surface area (Å²) in [5, 5.41) is 0. The monoisotopic (exact) mass is 506 g/mol. The van der Waals surface area contributed by atoms with Crippen LogP contribution in [0.5, 0.6) is 0 Å². The molecule has 2 atom stereocenters. The zero-order valence-corrected chi connectivity index (χ0v) is 20.5. The number of carbonyl (C=O) groups excluding carboxylic acids is 6. The molecule has 0 N–H and O–H groups in total. The quantitative estimate of drug-likeness (QED) is 0.182. The maximum absolute atomic E-state index is 11.1. The van der Waals surface area contributed by atoms with Gasteiger partial charge in [-0.2, -0.15) is 0 Å². The average Bonchev–Trinajstić information content (AvgIpc) is 2.75. The molecule has 0 aromatic rings. The smallest absolute Gasteiger partial charge is 0.466 e. The highest BCUT2D eigenvalue weighted by Crippen LogP contribution is 2.01.